The first-order chi connectivity index (χ1) is 7.74. The molecule has 2 rings (SSSR count). The Morgan fingerprint density at radius 2 is 1.88 bits per heavy atom. The predicted molar refractivity (Wildman–Crippen MR) is 64.8 cm³/mol. The van der Waals surface area contributed by atoms with Gasteiger partial charge in [-0.05, 0) is 0 Å². The molecule has 88 valence electrons. The van der Waals surface area contributed by atoms with Gasteiger partial charge < -0.3 is 20.1 Å². The van der Waals surface area contributed by atoms with Crippen molar-refractivity contribution in [2.24, 2.45) is 0 Å². The molecule has 1 fully saturated rings. The Bertz CT molecular complexity index is 380. The zero-order chi connectivity index (χ0) is 11.5. The van der Waals surface area contributed by atoms with E-state index in [1.807, 2.05) is 6.07 Å². The van der Waals surface area contributed by atoms with Crippen LogP contribution in [0, 0.1) is 0 Å². The van der Waals surface area contributed by atoms with Gasteiger partial charge in [-0.15, -0.1) is 0 Å². The van der Waals surface area contributed by atoms with Gasteiger partial charge in [-0.1, -0.05) is 11.6 Å². The van der Waals surface area contributed by atoms with Crippen molar-refractivity contribution in [1.29, 1.82) is 0 Å². The van der Waals surface area contributed by atoms with Gasteiger partial charge in [0, 0.05) is 25.2 Å². The Morgan fingerprint density at radius 1 is 1.25 bits per heavy atom. The fourth-order valence-corrected chi connectivity index (χ4v) is 1.78. The summed E-state index contributed by atoms with van der Waals surface area (Å²) in [6, 6.07) is 4.06. The number of anilines is 1. The highest BCUT2D eigenvalue weighted by Crippen LogP contribution is 2.36. The molecule has 0 bridgehead atoms. The fraction of sp³-hybridized carbons (Fsp3) is 0.455. The molecule has 5 heteroatoms. The second-order valence-corrected chi connectivity index (χ2v) is 4.09. The lowest BCUT2D eigenvalue weighted by atomic mass is 10.1. The van der Waals surface area contributed by atoms with E-state index in [1.165, 1.54) is 0 Å². The third kappa shape index (κ3) is 2.18. The van der Waals surface area contributed by atoms with Gasteiger partial charge in [0.15, 0.2) is 11.5 Å². The summed E-state index contributed by atoms with van der Waals surface area (Å²) < 4.78 is 10.4. The van der Waals surface area contributed by atoms with E-state index in [2.05, 4.69) is 10.6 Å². The van der Waals surface area contributed by atoms with Crippen molar-refractivity contribution in [2.75, 3.05) is 32.6 Å². The van der Waals surface area contributed by atoms with Crippen LogP contribution in [0.1, 0.15) is 0 Å². The second kappa shape index (κ2) is 4.80. The lowest BCUT2D eigenvalue weighted by Gasteiger charge is -2.29. The SMILES string of the molecule is COc1cc(Cl)c(NC2CNC2)cc1OC. The van der Waals surface area contributed by atoms with Crippen LogP contribution in [0.3, 0.4) is 0 Å². The quantitative estimate of drug-likeness (QED) is 0.844. The number of halogens is 1. The van der Waals surface area contributed by atoms with Gasteiger partial charge in [0.25, 0.3) is 0 Å². The number of hydrogen-bond acceptors (Lipinski definition) is 4. The normalized spacial score (nSPS) is 15.4. The van der Waals surface area contributed by atoms with Crippen molar-refractivity contribution in [3.8, 4) is 11.5 Å². The molecule has 0 spiro atoms. The minimum absolute atomic E-state index is 0.440. The van der Waals surface area contributed by atoms with Crippen LogP contribution in [-0.2, 0) is 0 Å². The zero-order valence-corrected chi connectivity index (χ0v) is 10.1. The molecule has 0 radical (unpaired) electrons. The molecule has 0 aliphatic carbocycles. The monoisotopic (exact) mass is 242 g/mol. The van der Waals surface area contributed by atoms with E-state index in [0.717, 1.165) is 18.8 Å². The molecule has 0 saturated carbocycles. The third-order valence-corrected chi connectivity index (χ3v) is 2.93. The number of rotatable bonds is 4. The third-order valence-electron chi connectivity index (χ3n) is 2.61. The molecule has 1 aromatic carbocycles. The molecule has 0 unspecified atom stereocenters. The van der Waals surface area contributed by atoms with Crippen molar-refractivity contribution in [1.82, 2.24) is 5.32 Å². The maximum absolute atomic E-state index is 6.14. The van der Waals surface area contributed by atoms with Crippen molar-refractivity contribution >= 4 is 17.3 Å². The number of hydrogen-bond donors (Lipinski definition) is 2. The van der Waals surface area contributed by atoms with Gasteiger partial charge in [0.2, 0.25) is 0 Å². The summed E-state index contributed by atoms with van der Waals surface area (Å²) in [5, 5.41) is 7.18. The minimum atomic E-state index is 0.440. The highest BCUT2D eigenvalue weighted by molar-refractivity contribution is 6.33. The Labute approximate surface area is 99.9 Å². The first-order valence-corrected chi connectivity index (χ1v) is 5.51. The van der Waals surface area contributed by atoms with E-state index in [1.54, 1.807) is 20.3 Å². The average Bonchev–Trinajstić information content (AvgIpc) is 2.24. The molecule has 1 aliphatic heterocycles. The number of ether oxygens (including phenoxy) is 2. The van der Waals surface area contributed by atoms with Crippen LogP contribution >= 0.6 is 11.6 Å². The van der Waals surface area contributed by atoms with Crippen molar-refractivity contribution in [3.63, 3.8) is 0 Å². The Kier molecular flexibility index (Phi) is 3.41. The van der Waals surface area contributed by atoms with Crippen LogP contribution < -0.4 is 20.1 Å². The van der Waals surface area contributed by atoms with Gasteiger partial charge in [-0.3, -0.25) is 0 Å². The van der Waals surface area contributed by atoms with E-state index in [9.17, 15) is 0 Å². The molecule has 0 aromatic heterocycles. The molecule has 4 nitrogen and oxygen atoms in total. The maximum Gasteiger partial charge on any atom is 0.162 e. The molecule has 1 heterocycles. The Balaban J connectivity index is 2.22. The first kappa shape index (κ1) is 11.4. The van der Waals surface area contributed by atoms with Crippen LogP contribution in [0.5, 0.6) is 11.5 Å². The molecule has 1 saturated heterocycles. The number of nitrogens with one attached hydrogen (secondary N) is 2. The van der Waals surface area contributed by atoms with Crippen molar-refractivity contribution in [2.45, 2.75) is 6.04 Å². The van der Waals surface area contributed by atoms with Crippen LogP contribution in [0.25, 0.3) is 0 Å². The van der Waals surface area contributed by atoms with Gasteiger partial charge in [0.1, 0.15) is 0 Å². The summed E-state index contributed by atoms with van der Waals surface area (Å²) in [5.41, 5.74) is 0.880. The fourth-order valence-electron chi connectivity index (χ4n) is 1.58. The van der Waals surface area contributed by atoms with Crippen LogP contribution in [0.2, 0.25) is 5.02 Å². The second-order valence-electron chi connectivity index (χ2n) is 3.69. The highest BCUT2D eigenvalue weighted by Gasteiger charge is 2.18. The standard InChI is InChI=1S/C11H15ClN2O2/c1-15-10-3-8(12)9(4-11(10)16-2)14-7-5-13-6-7/h3-4,7,13-14H,5-6H2,1-2H3. The minimum Gasteiger partial charge on any atom is -0.493 e. The largest absolute Gasteiger partial charge is 0.493 e. The summed E-state index contributed by atoms with van der Waals surface area (Å²) in [4.78, 5) is 0. The number of methoxy groups -OCH3 is 2. The topological polar surface area (TPSA) is 42.5 Å². The molecule has 16 heavy (non-hydrogen) atoms. The summed E-state index contributed by atoms with van der Waals surface area (Å²) in [6.07, 6.45) is 0. The van der Waals surface area contributed by atoms with E-state index in [0.29, 0.717) is 22.6 Å². The summed E-state index contributed by atoms with van der Waals surface area (Å²) in [5.74, 6) is 1.33. The van der Waals surface area contributed by atoms with Gasteiger partial charge in [0.05, 0.1) is 31.0 Å². The van der Waals surface area contributed by atoms with E-state index >= 15 is 0 Å². The van der Waals surface area contributed by atoms with Crippen molar-refractivity contribution < 1.29 is 9.47 Å². The van der Waals surface area contributed by atoms with E-state index in [-0.39, 0.29) is 0 Å². The Morgan fingerprint density at radius 3 is 2.38 bits per heavy atom. The predicted octanol–water partition coefficient (Wildman–Crippen LogP) is 1.74. The van der Waals surface area contributed by atoms with Gasteiger partial charge >= 0.3 is 0 Å². The zero-order valence-electron chi connectivity index (χ0n) is 9.34. The molecule has 0 atom stereocenters. The van der Waals surface area contributed by atoms with Crippen LogP contribution in [0.4, 0.5) is 5.69 Å². The molecule has 1 aromatic rings. The molecular weight excluding hydrogens is 228 g/mol. The summed E-state index contributed by atoms with van der Waals surface area (Å²) in [7, 11) is 3.21. The molecule has 2 N–H and O–H groups in total. The lowest BCUT2D eigenvalue weighted by Crippen LogP contribution is -2.51. The van der Waals surface area contributed by atoms with E-state index < -0.39 is 0 Å². The Hall–Kier alpha value is -1.13. The maximum atomic E-state index is 6.14. The summed E-state index contributed by atoms with van der Waals surface area (Å²) in [6.45, 7) is 1.93. The molecule has 1 aliphatic rings. The average molecular weight is 243 g/mol. The van der Waals surface area contributed by atoms with E-state index in [4.69, 9.17) is 21.1 Å². The molecule has 0 amide bonds. The molecular formula is C11H15ClN2O2. The van der Waals surface area contributed by atoms with Crippen LogP contribution in [0.15, 0.2) is 12.1 Å². The number of benzene rings is 1. The first-order valence-electron chi connectivity index (χ1n) is 5.13. The smallest absolute Gasteiger partial charge is 0.162 e. The van der Waals surface area contributed by atoms with Gasteiger partial charge in [-0.25, -0.2) is 0 Å². The van der Waals surface area contributed by atoms with Crippen LogP contribution in [-0.4, -0.2) is 33.4 Å². The summed E-state index contributed by atoms with van der Waals surface area (Å²) >= 11 is 6.14. The van der Waals surface area contributed by atoms with Gasteiger partial charge in [-0.2, -0.15) is 0 Å². The highest BCUT2D eigenvalue weighted by atomic mass is 35.5. The van der Waals surface area contributed by atoms with Crippen molar-refractivity contribution in [3.05, 3.63) is 17.2 Å². The lowest BCUT2D eigenvalue weighted by molar-refractivity contribution is 0.355.